The fourth-order valence-electron chi connectivity index (χ4n) is 3.27. The highest BCUT2D eigenvalue weighted by atomic mass is 19.1. The van der Waals surface area contributed by atoms with E-state index in [1.807, 2.05) is 0 Å². The summed E-state index contributed by atoms with van der Waals surface area (Å²) in [5.74, 6) is -2.83. The second-order valence-electron chi connectivity index (χ2n) is 6.73. The number of carbonyl (C=O) groups is 3. The Balaban J connectivity index is 1.73. The molecule has 1 aromatic rings. The lowest BCUT2D eigenvalue weighted by atomic mass is 9.91. The number of hydrogen-bond donors (Lipinski definition) is 2. The summed E-state index contributed by atoms with van der Waals surface area (Å²) in [6.45, 7) is -0.0377. The number of benzene rings is 1. The molecule has 4 N–H and O–H groups in total. The summed E-state index contributed by atoms with van der Waals surface area (Å²) in [5, 5.41) is 2.19. The van der Waals surface area contributed by atoms with Crippen molar-refractivity contribution in [2.24, 2.45) is 10.9 Å². The molecule has 0 bridgehead atoms. The van der Waals surface area contributed by atoms with Crippen molar-refractivity contribution in [3.63, 3.8) is 0 Å². The summed E-state index contributed by atoms with van der Waals surface area (Å²) in [7, 11) is 0. The van der Waals surface area contributed by atoms with Crippen molar-refractivity contribution in [3.05, 3.63) is 35.6 Å². The number of aliphatic imine (C=N–C) groups is 1. The number of nitrogens with zero attached hydrogens (tertiary/aromatic N) is 2. The summed E-state index contributed by atoms with van der Waals surface area (Å²) in [5.41, 5.74) is 4.66. The Morgan fingerprint density at radius 3 is 2.58 bits per heavy atom. The van der Waals surface area contributed by atoms with Gasteiger partial charge in [-0.3, -0.25) is 24.8 Å². The molecule has 2 fully saturated rings. The van der Waals surface area contributed by atoms with E-state index in [1.165, 1.54) is 30.5 Å². The van der Waals surface area contributed by atoms with Crippen LogP contribution in [-0.2, 0) is 16.1 Å². The average Bonchev–Trinajstić information content (AvgIpc) is 2.61. The van der Waals surface area contributed by atoms with Gasteiger partial charge in [0.15, 0.2) is 5.92 Å². The van der Waals surface area contributed by atoms with Crippen molar-refractivity contribution < 1.29 is 24.5 Å². The van der Waals surface area contributed by atoms with Gasteiger partial charge in [0.05, 0.1) is 6.54 Å². The maximum absolute atomic E-state index is 13.0. The van der Waals surface area contributed by atoms with Gasteiger partial charge in [-0.2, -0.15) is 0 Å². The van der Waals surface area contributed by atoms with Crippen molar-refractivity contribution >= 4 is 24.1 Å². The van der Waals surface area contributed by atoms with E-state index in [2.05, 4.69) is 16.0 Å². The molecule has 26 heavy (non-hydrogen) atoms. The van der Waals surface area contributed by atoms with Crippen LogP contribution in [0, 0.1) is 11.7 Å². The van der Waals surface area contributed by atoms with Gasteiger partial charge in [0.2, 0.25) is 11.8 Å². The molecule has 1 aliphatic heterocycles. The molecule has 1 saturated carbocycles. The molecule has 2 aliphatic rings. The molecular weight excluding hydrogens is 339 g/mol. The van der Waals surface area contributed by atoms with Crippen LogP contribution in [-0.4, -0.2) is 41.0 Å². The molecule has 4 amide bonds. The molecule has 0 unspecified atom stereocenters. The molecule has 1 aliphatic carbocycles. The maximum Gasteiger partial charge on any atom is 0.331 e. The number of rotatable bonds is 4. The zero-order chi connectivity index (χ0) is 18.7. The van der Waals surface area contributed by atoms with E-state index in [-0.39, 0.29) is 18.6 Å². The first-order valence-electron chi connectivity index (χ1n) is 8.72. The van der Waals surface area contributed by atoms with Crippen LogP contribution in [0.5, 0.6) is 0 Å². The number of barbiturate groups is 1. The fourth-order valence-corrected chi connectivity index (χ4v) is 3.27. The number of halogens is 1. The van der Waals surface area contributed by atoms with Crippen molar-refractivity contribution in [3.8, 4) is 0 Å². The van der Waals surface area contributed by atoms with Gasteiger partial charge in [0.1, 0.15) is 17.9 Å². The second kappa shape index (κ2) is 7.74. The lowest BCUT2D eigenvalue weighted by Gasteiger charge is -2.29. The third-order valence-electron chi connectivity index (χ3n) is 4.84. The zero-order valence-corrected chi connectivity index (χ0v) is 14.4. The first kappa shape index (κ1) is 18.2. The van der Waals surface area contributed by atoms with Gasteiger partial charge in [-0.25, -0.2) is 9.18 Å². The summed E-state index contributed by atoms with van der Waals surface area (Å²) in [4.78, 5) is 42.1. The molecule has 1 aromatic carbocycles. The Kier molecular flexibility index (Phi) is 5.41. The first-order valence-corrected chi connectivity index (χ1v) is 8.72. The van der Waals surface area contributed by atoms with Crippen LogP contribution in [0.25, 0.3) is 0 Å². The Labute approximate surface area is 150 Å². The van der Waals surface area contributed by atoms with E-state index in [9.17, 15) is 18.8 Å². The highest BCUT2D eigenvalue weighted by Gasteiger charge is 2.39. The van der Waals surface area contributed by atoms with Gasteiger partial charge in [-0.05, 0) is 30.5 Å². The zero-order valence-electron chi connectivity index (χ0n) is 14.4. The van der Waals surface area contributed by atoms with E-state index in [0.29, 0.717) is 5.56 Å². The summed E-state index contributed by atoms with van der Waals surface area (Å²) in [6, 6.07) is 4.87. The Bertz CT molecular complexity index is 734. The Hall–Kier alpha value is -2.61. The van der Waals surface area contributed by atoms with Crippen LogP contribution >= 0.6 is 0 Å². The lowest BCUT2D eigenvalue weighted by Crippen LogP contribution is -2.66. The van der Waals surface area contributed by atoms with Gasteiger partial charge in [0.25, 0.3) is 0 Å². The number of urea groups is 1. The van der Waals surface area contributed by atoms with Gasteiger partial charge in [-0.1, -0.05) is 18.6 Å². The fraction of sp³-hybridized carbons (Fsp3) is 0.444. The van der Waals surface area contributed by atoms with E-state index in [1.54, 1.807) is 0 Å². The first-order chi connectivity index (χ1) is 12.5. The highest BCUT2D eigenvalue weighted by molar-refractivity contribution is 6.23. The largest absolute Gasteiger partial charge is 0.353 e. The number of nitrogens with one attached hydrogen (secondary N) is 1. The topological polar surface area (TPSA) is 106 Å². The SMILES string of the molecule is [NH3+][C@H]1CCCC[C@@H]1N=C[C@@H]1C(=O)NC(=O)N(Cc2ccc(F)cc2)C1=O. The highest BCUT2D eigenvalue weighted by Crippen LogP contribution is 2.20. The molecule has 1 heterocycles. The van der Waals surface area contributed by atoms with Crippen LogP contribution < -0.4 is 11.1 Å². The van der Waals surface area contributed by atoms with Crippen LogP contribution in [0.2, 0.25) is 0 Å². The third kappa shape index (κ3) is 3.96. The number of carbonyl (C=O) groups excluding carboxylic acids is 3. The Morgan fingerprint density at radius 2 is 1.88 bits per heavy atom. The summed E-state index contributed by atoms with van der Waals surface area (Å²) in [6.07, 6.45) is 5.36. The maximum atomic E-state index is 13.0. The summed E-state index contributed by atoms with van der Waals surface area (Å²) < 4.78 is 13.0. The minimum absolute atomic E-state index is 0.00692. The quantitative estimate of drug-likeness (QED) is 0.607. The average molecular weight is 361 g/mol. The predicted octanol–water partition coefficient (Wildman–Crippen LogP) is 0.644. The predicted molar refractivity (Wildman–Crippen MR) is 91.4 cm³/mol. The van der Waals surface area contributed by atoms with Crippen LogP contribution in [0.1, 0.15) is 31.2 Å². The van der Waals surface area contributed by atoms with Gasteiger partial charge < -0.3 is 5.73 Å². The van der Waals surface area contributed by atoms with Crippen LogP contribution in [0.15, 0.2) is 29.3 Å². The molecule has 0 spiro atoms. The molecule has 0 aromatic heterocycles. The molecule has 3 atom stereocenters. The van der Waals surface area contributed by atoms with Crippen molar-refractivity contribution in [2.45, 2.75) is 44.3 Å². The van der Waals surface area contributed by atoms with E-state index < -0.39 is 29.6 Å². The molecule has 8 heteroatoms. The number of imide groups is 2. The monoisotopic (exact) mass is 361 g/mol. The van der Waals surface area contributed by atoms with E-state index >= 15 is 0 Å². The molecule has 138 valence electrons. The molecule has 7 nitrogen and oxygen atoms in total. The Morgan fingerprint density at radius 1 is 1.19 bits per heavy atom. The van der Waals surface area contributed by atoms with Crippen molar-refractivity contribution in [1.82, 2.24) is 10.2 Å². The molecule has 1 saturated heterocycles. The normalized spacial score (nSPS) is 27.1. The van der Waals surface area contributed by atoms with Gasteiger partial charge >= 0.3 is 6.03 Å². The minimum atomic E-state index is -1.14. The smallest absolute Gasteiger partial charge is 0.331 e. The van der Waals surface area contributed by atoms with Gasteiger partial charge in [-0.15, -0.1) is 0 Å². The standard InChI is InChI=1S/C18H21FN4O3/c19-12-7-5-11(6-8-12)10-23-17(25)13(16(24)22-18(23)26)9-21-15-4-2-1-3-14(15)20/h5-9,13-15H,1-4,10,20H2,(H,22,24,26)/p+1/t13-,14+,15+/m1/s1. The van der Waals surface area contributed by atoms with Crippen molar-refractivity contribution in [2.75, 3.05) is 0 Å². The van der Waals surface area contributed by atoms with E-state index in [4.69, 9.17) is 0 Å². The molecule has 0 radical (unpaired) electrons. The van der Waals surface area contributed by atoms with E-state index in [0.717, 1.165) is 30.6 Å². The number of quaternary nitrogens is 1. The minimum Gasteiger partial charge on any atom is -0.353 e. The van der Waals surface area contributed by atoms with Crippen molar-refractivity contribution in [1.29, 1.82) is 0 Å². The summed E-state index contributed by atoms with van der Waals surface area (Å²) >= 11 is 0. The molecular formula is C18H22FN4O3+. The van der Waals surface area contributed by atoms with Crippen LogP contribution in [0.3, 0.4) is 0 Å². The second-order valence-corrected chi connectivity index (χ2v) is 6.73. The third-order valence-corrected chi connectivity index (χ3v) is 4.84. The number of hydrogen-bond acceptors (Lipinski definition) is 4. The molecule has 3 rings (SSSR count). The lowest BCUT2D eigenvalue weighted by molar-refractivity contribution is -0.428. The van der Waals surface area contributed by atoms with Crippen LogP contribution in [0.4, 0.5) is 9.18 Å². The number of amides is 4. The van der Waals surface area contributed by atoms with Gasteiger partial charge in [0, 0.05) is 12.6 Å².